The van der Waals surface area contributed by atoms with Crippen molar-refractivity contribution >= 4 is 17.3 Å². The third kappa shape index (κ3) is 5.12. The lowest BCUT2D eigenvalue weighted by Crippen LogP contribution is -2.26. The summed E-state index contributed by atoms with van der Waals surface area (Å²) in [5.41, 5.74) is 6.42. The molecule has 126 valence electrons. The second-order valence-corrected chi connectivity index (χ2v) is 5.37. The van der Waals surface area contributed by atoms with Gasteiger partial charge in [0, 0.05) is 11.8 Å². The molecule has 0 aliphatic carbocycles. The topological polar surface area (TPSA) is 62.7 Å². The van der Waals surface area contributed by atoms with Crippen LogP contribution in [0.4, 0.5) is 5.69 Å². The van der Waals surface area contributed by atoms with E-state index in [-0.39, 0.29) is 12.5 Å². The summed E-state index contributed by atoms with van der Waals surface area (Å²) < 4.78 is 5.14. The van der Waals surface area contributed by atoms with Crippen LogP contribution in [-0.2, 0) is 11.2 Å². The second-order valence-electron chi connectivity index (χ2n) is 5.37. The van der Waals surface area contributed by atoms with Gasteiger partial charge in [0.15, 0.2) is 0 Å². The van der Waals surface area contributed by atoms with Crippen molar-refractivity contribution < 1.29 is 9.53 Å². The third-order valence-electron chi connectivity index (χ3n) is 3.65. The van der Waals surface area contributed by atoms with Gasteiger partial charge in [0.2, 0.25) is 0 Å². The number of hydrogen-bond donors (Lipinski definition) is 2. The largest absolute Gasteiger partial charge is 0.497 e. The Hall–Kier alpha value is -2.82. The first-order valence-corrected chi connectivity index (χ1v) is 7.92. The van der Waals surface area contributed by atoms with E-state index in [1.165, 1.54) is 5.56 Å². The van der Waals surface area contributed by atoms with E-state index in [9.17, 15) is 4.79 Å². The monoisotopic (exact) mass is 325 g/mol. The maximum atomic E-state index is 11.9. The summed E-state index contributed by atoms with van der Waals surface area (Å²) in [5, 5.41) is 7.18. The van der Waals surface area contributed by atoms with Crippen LogP contribution in [0.1, 0.15) is 25.0 Å². The highest BCUT2D eigenvalue weighted by atomic mass is 16.5. The lowest BCUT2D eigenvalue weighted by Gasteiger charge is -2.07. The van der Waals surface area contributed by atoms with Crippen molar-refractivity contribution in [1.82, 2.24) is 5.43 Å². The molecule has 1 amide bonds. The number of methoxy groups -OCH3 is 1. The van der Waals surface area contributed by atoms with E-state index in [4.69, 9.17) is 4.74 Å². The summed E-state index contributed by atoms with van der Waals surface area (Å²) in [7, 11) is 1.61. The van der Waals surface area contributed by atoms with E-state index in [2.05, 4.69) is 34.9 Å². The van der Waals surface area contributed by atoms with Crippen molar-refractivity contribution in [1.29, 1.82) is 0 Å². The SMILES string of the molecule is CCc1ccc(/C(C)=N\NC(=O)CNc2cccc(OC)c2)cc1. The molecule has 2 aromatic carbocycles. The van der Waals surface area contributed by atoms with Crippen LogP contribution in [0, 0.1) is 0 Å². The Morgan fingerprint density at radius 1 is 1.17 bits per heavy atom. The summed E-state index contributed by atoms with van der Waals surface area (Å²) in [6.45, 7) is 4.13. The van der Waals surface area contributed by atoms with Gasteiger partial charge in [-0.25, -0.2) is 5.43 Å². The van der Waals surface area contributed by atoms with E-state index in [1.54, 1.807) is 7.11 Å². The van der Waals surface area contributed by atoms with Crippen molar-refractivity contribution in [3.8, 4) is 5.75 Å². The zero-order valence-corrected chi connectivity index (χ0v) is 14.3. The zero-order valence-electron chi connectivity index (χ0n) is 14.3. The predicted octanol–water partition coefficient (Wildman–Crippen LogP) is 3.21. The van der Waals surface area contributed by atoms with Crippen molar-refractivity contribution in [2.75, 3.05) is 19.0 Å². The van der Waals surface area contributed by atoms with Crippen LogP contribution in [0.5, 0.6) is 5.75 Å². The number of hydrogen-bond acceptors (Lipinski definition) is 4. The predicted molar refractivity (Wildman–Crippen MR) is 97.7 cm³/mol. The fraction of sp³-hybridized carbons (Fsp3) is 0.263. The number of carbonyl (C=O) groups is 1. The van der Waals surface area contributed by atoms with Gasteiger partial charge in [-0.3, -0.25) is 4.79 Å². The smallest absolute Gasteiger partial charge is 0.259 e. The molecule has 5 heteroatoms. The molecule has 2 N–H and O–H groups in total. The normalized spacial score (nSPS) is 11.0. The lowest BCUT2D eigenvalue weighted by atomic mass is 10.1. The first-order valence-electron chi connectivity index (χ1n) is 7.92. The highest BCUT2D eigenvalue weighted by molar-refractivity contribution is 5.99. The number of aryl methyl sites for hydroxylation is 1. The lowest BCUT2D eigenvalue weighted by molar-refractivity contribution is -0.119. The molecule has 0 heterocycles. The molecular formula is C19H23N3O2. The molecule has 2 rings (SSSR count). The molecule has 0 aromatic heterocycles. The van der Waals surface area contributed by atoms with Gasteiger partial charge in [-0.05, 0) is 36.6 Å². The summed E-state index contributed by atoms with van der Waals surface area (Å²) in [5.74, 6) is 0.534. The molecule has 0 aliphatic rings. The third-order valence-corrected chi connectivity index (χ3v) is 3.65. The first kappa shape index (κ1) is 17.5. The Bertz CT molecular complexity index is 709. The van der Waals surface area contributed by atoms with Crippen LogP contribution < -0.4 is 15.5 Å². The van der Waals surface area contributed by atoms with Gasteiger partial charge in [-0.2, -0.15) is 5.10 Å². The van der Waals surface area contributed by atoms with E-state index in [0.29, 0.717) is 0 Å². The maximum Gasteiger partial charge on any atom is 0.259 e. The number of nitrogens with one attached hydrogen (secondary N) is 2. The number of ether oxygens (including phenoxy) is 1. The van der Waals surface area contributed by atoms with Crippen LogP contribution in [0.3, 0.4) is 0 Å². The molecule has 0 atom stereocenters. The number of benzene rings is 2. The molecule has 0 radical (unpaired) electrons. The summed E-state index contributed by atoms with van der Waals surface area (Å²) in [4.78, 5) is 11.9. The Morgan fingerprint density at radius 3 is 2.58 bits per heavy atom. The molecule has 0 spiro atoms. The highest BCUT2D eigenvalue weighted by Gasteiger charge is 2.02. The Morgan fingerprint density at radius 2 is 1.92 bits per heavy atom. The number of anilines is 1. The molecule has 0 unspecified atom stereocenters. The standard InChI is InChI=1S/C19H23N3O2/c1-4-15-8-10-16(11-9-15)14(2)21-22-19(23)13-20-17-6-5-7-18(12-17)24-3/h5-12,20H,4,13H2,1-3H3,(H,22,23)/b21-14-. The number of nitrogens with zero attached hydrogens (tertiary/aromatic N) is 1. The average Bonchev–Trinajstić information content (AvgIpc) is 2.64. The summed E-state index contributed by atoms with van der Waals surface area (Å²) >= 11 is 0. The second kappa shape index (κ2) is 8.72. The molecule has 0 saturated carbocycles. The minimum absolute atomic E-state index is 0.138. The minimum Gasteiger partial charge on any atom is -0.497 e. The van der Waals surface area contributed by atoms with Crippen LogP contribution in [0.2, 0.25) is 0 Å². The Kier molecular flexibility index (Phi) is 6.37. The summed E-state index contributed by atoms with van der Waals surface area (Å²) in [6.07, 6.45) is 1.00. The van der Waals surface area contributed by atoms with Gasteiger partial charge < -0.3 is 10.1 Å². The number of rotatable bonds is 7. The maximum absolute atomic E-state index is 11.9. The van der Waals surface area contributed by atoms with E-state index >= 15 is 0 Å². The minimum atomic E-state index is -0.206. The van der Waals surface area contributed by atoms with Crippen molar-refractivity contribution in [3.63, 3.8) is 0 Å². The molecular weight excluding hydrogens is 302 g/mol. The molecule has 5 nitrogen and oxygen atoms in total. The van der Waals surface area contributed by atoms with Gasteiger partial charge in [-0.15, -0.1) is 0 Å². The van der Waals surface area contributed by atoms with Gasteiger partial charge >= 0.3 is 0 Å². The molecule has 24 heavy (non-hydrogen) atoms. The number of amides is 1. The van der Waals surface area contributed by atoms with Crippen LogP contribution in [-0.4, -0.2) is 25.3 Å². The van der Waals surface area contributed by atoms with Crippen LogP contribution in [0.15, 0.2) is 53.6 Å². The highest BCUT2D eigenvalue weighted by Crippen LogP contribution is 2.16. The van der Waals surface area contributed by atoms with Crippen LogP contribution in [0.25, 0.3) is 0 Å². The molecule has 0 aliphatic heterocycles. The number of hydrazone groups is 1. The fourth-order valence-electron chi connectivity index (χ4n) is 2.15. The van der Waals surface area contributed by atoms with Crippen molar-refractivity contribution in [3.05, 3.63) is 59.7 Å². The Balaban J connectivity index is 1.86. The fourth-order valence-corrected chi connectivity index (χ4v) is 2.15. The first-order chi connectivity index (χ1) is 11.6. The molecule has 0 fully saturated rings. The van der Waals surface area contributed by atoms with Crippen molar-refractivity contribution in [2.45, 2.75) is 20.3 Å². The van der Waals surface area contributed by atoms with Gasteiger partial charge in [-0.1, -0.05) is 37.3 Å². The van der Waals surface area contributed by atoms with E-state index < -0.39 is 0 Å². The molecule has 0 bridgehead atoms. The van der Waals surface area contributed by atoms with Gasteiger partial charge in [0.1, 0.15) is 5.75 Å². The van der Waals surface area contributed by atoms with E-state index in [1.807, 2.05) is 43.3 Å². The zero-order chi connectivity index (χ0) is 17.4. The Labute approximate surface area is 142 Å². The molecule has 2 aromatic rings. The van der Waals surface area contributed by atoms with Gasteiger partial charge in [0.25, 0.3) is 5.91 Å². The van der Waals surface area contributed by atoms with Crippen molar-refractivity contribution in [2.24, 2.45) is 5.10 Å². The number of carbonyl (C=O) groups excluding carboxylic acids is 1. The quantitative estimate of drug-likeness (QED) is 0.607. The van der Waals surface area contributed by atoms with Crippen LogP contribution >= 0.6 is 0 Å². The van der Waals surface area contributed by atoms with E-state index in [0.717, 1.165) is 29.1 Å². The van der Waals surface area contributed by atoms with Gasteiger partial charge in [0.05, 0.1) is 19.4 Å². The average molecular weight is 325 g/mol. The summed E-state index contributed by atoms with van der Waals surface area (Å²) in [6, 6.07) is 15.6. The molecule has 0 saturated heterocycles.